The minimum absolute atomic E-state index is 0.0609. The predicted octanol–water partition coefficient (Wildman–Crippen LogP) is 4.72. The lowest BCUT2D eigenvalue weighted by molar-refractivity contribution is -0.149. The third-order valence-corrected chi connectivity index (χ3v) is 4.90. The van der Waals surface area contributed by atoms with Gasteiger partial charge >= 0.3 is 17.6 Å². The van der Waals surface area contributed by atoms with Gasteiger partial charge in [0.05, 0.1) is 5.92 Å². The van der Waals surface area contributed by atoms with E-state index in [9.17, 15) is 14.4 Å². The predicted molar refractivity (Wildman–Crippen MR) is 128 cm³/mol. The van der Waals surface area contributed by atoms with Gasteiger partial charge in [-0.3, -0.25) is 4.79 Å². The molecule has 0 N–H and O–H groups in total. The highest BCUT2D eigenvalue weighted by Crippen LogP contribution is 2.11. The van der Waals surface area contributed by atoms with Crippen molar-refractivity contribution >= 4 is 5.97 Å². The topological polar surface area (TPSA) is 116 Å². The average Bonchev–Trinajstić information content (AvgIpc) is 3.41. The van der Waals surface area contributed by atoms with Crippen molar-refractivity contribution in [2.24, 2.45) is 17.8 Å². The van der Waals surface area contributed by atoms with E-state index in [4.69, 9.17) is 13.6 Å². The third kappa shape index (κ3) is 11.5. The Kier molecular flexibility index (Phi) is 12.7. The smallest absolute Gasteiger partial charge is 0.457 e. The normalized spacial score (nSPS) is 13.6. The highest BCUT2D eigenvalue weighted by molar-refractivity contribution is 5.71. The number of carbonyl (C=O) groups is 1. The van der Waals surface area contributed by atoms with Crippen molar-refractivity contribution in [3.05, 3.63) is 44.3 Å². The van der Waals surface area contributed by atoms with Gasteiger partial charge in [-0.25, -0.2) is 9.59 Å². The van der Waals surface area contributed by atoms with E-state index in [0.717, 1.165) is 12.3 Å². The first-order valence-electron chi connectivity index (χ1n) is 12.0. The molecule has 3 heterocycles. The van der Waals surface area contributed by atoms with Gasteiger partial charge in [0, 0.05) is 13.0 Å². The van der Waals surface area contributed by atoms with Crippen LogP contribution in [0, 0.1) is 31.6 Å². The van der Waals surface area contributed by atoms with E-state index >= 15 is 0 Å². The number of hydrogen-bond donors (Lipinski definition) is 0. The van der Waals surface area contributed by atoms with Crippen LogP contribution < -0.4 is 11.6 Å². The number of ether oxygens (including phenoxy) is 1. The van der Waals surface area contributed by atoms with Crippen LogP contribution in [0.5, 0.6) is 0 Å². The Morgan fingerprint density at radius 2 is 1.32 bits per heavy atom. The Labute approximate surface area is 201 Å². The molecule has 1 saturated heterocycles. The molecule has 1 fully saturated rings. The fourth-order valence-electron chi connectivity index (χ4n) is 3.22. The Balaban J connectivity index is 0.000000262. The maximum absolute atomic E-state index is 11.1. The second-order valence-electron chi connectivity index (χ2n) is 9.63. The highest BCUT2D eigenvalue weighted by Gasteiger charge is 2.14. The van der Waals surface area contributed by atoms with Gasteiger partial charge in [0.2, 0.25) is 0 Å². The summed E-state index contributed by atoms with van der Waals surface area (Å²) in [4.78, 5) is 34.8. The first-order valence-corrected chi connectivity index (χ1v) is 12.0. The number of nitrogens with zero attached hydrogens (tertiary/aromatic N) is 1. The summed E-state index contributed by atoms with van der Waals surface area (Å²) in [6, 6.07) is 0. The van der Waals surface area contributed by atoms with E-state index in [-0.39, 0.29) is 24.3 Å². The number of hydrogen-bond acceptors (Lipinski definition) is 9. The van der Waals surface area contributed by atoms with Crippen molar-refractivity contribution in [3.63, 3.8) is 0 Å². The van der Waals surface area contributed by atoms with Crippen LogP contribution in [0.15, 0.2) is 27.3 Å². The van der Waals surface area contributed by atoms with Crippen LogP contribution >= 0.6 is 0 Å². The molecule has 0 saturated carbocycles. The molecule has 1 aliphatic heterocycles. The second kappa shape index (κ2) is 14.7. The lowest BCUT2D eigenvalue weighted by atomic mass is 10.1. The number of carbonyl (C=O) groups excluding carboxylic acids is 1. The summed E-state index contributed by atoms with van der Waals surface area (Å²) in [5.41, 5.74) is 0. The van der Waals surface area contributed by atoms with Crippen molar-refractivity contribution in [1.29, 1.82) is 0 Å². The first-order chi connectivity index (χ1) is 15.9. The molecule has 0 radical (unpaired) electrons. The van der Waals surface area contributed by atoms with Crippen LogP contribution in [-0.4, -0.2) is 30.5 Å². The maximum Gasteiger partial charge on any atom is 0.519 e. The summed E-state index contributed by atoms with van der Waals surface area (Å²) in [6.45, 7) is 19.4. The van der Waals surface area contributed by atoms with Gasteiger partial charge in [-0.2, -0.15) is 0 Å². The lowest BCUT2D eigenvalue weighted by Crippen LogP contribution is -2.23. The van der Waals surface area contributed by atoms with Crippen LogP contribution in [0.4, 0.5) is 0 Å². The molecule has 9 nitrogen and oxygen atoms in total. The summed E-state index contributed by atoms with van der Waals surface area (Å²) in [5.74, 6) is 1.28. The van der Waals surface area contributed by atoms with Crippen LogP contribution in [0.1, 0.15) is 77.4 Å². The highest BCUT2D eigenvalue weighted by atomic mass is 16.6. The summed E-state index contributed by atoms with van der Waals surface area (Å²) < 4.78 is 23.6. The Hall–Kier alpha value is -2.55. The molecule has 2 aromatic heterocycles. The van der Waals surface area contributed by atoms with Crippen LogP contribution in [0.2, 0.25) is 0 Å². The molecule has 0 amide bonds. The Bertz CT molecular complexity index is 954. The molecule has 0 atom stereocenters. The molecule has 0 aliphatic carbocycles. The molecule has 3 rings (SSSR count). The number of esters is 1. The zero-order chi connectivity index (χ0) is 25.8. The zero-order valence-electron chi connectivity index (χ0n) is 21.9. The van der Waals surface area contributed by atoms with E-state index in [1.54, 1.807) is 27.7 Å². The molecule has 0 aromatic carbocycles. The Morgan fingerprint density at radius 3 is 1.71 bits per heavy atom. The van der Waals surface area contributed by atoms with E-state index in [2.05, 4.69) is 41.4 Å². The minimum atomic E-state index is -0.780. The summed E-state index contributed by atoms with van der Waals surface area (Å²) >= 11 is 0. The van der Waals surface area contributed by atoms with E-state index in [0.29, 0.717) is 23.2 Å². The second-order valence-corrected chi connectivity index (χ2v) is 9.63. The zero-order valence-corrected chi connectivity index (χ0v) is 21.9. The van der Waals surface area contributed by atoms with Gasteiger partial charge in [0.25, 0.3) is 0 Å². The molecule has 9 heteroatoms. The fourth-order valence-corrected chi connectivity index (χ4v) is 3.22. The number of aryl methyl sites for hydroxylation is 2. The largest absolute Gasteiger partial charge is 0.519 e. The lowest BCUT2D eigenvalue weighted by Gasteiger charge is -2.16. The molecule has 2 aromatic rings. The molecule has 194 valence electrons. The van der Waals surface area contributed by atoms with Gasteiger partial charge in [-0.15, -0.1) is 0 Å². The van der Waals surface area contributed by atoms with Crippen LogP contribution in [0.25, 0.3) is 0 Å². The van der Waals surface area contributed by atoms with Crippen molar-refractivity contribution in [2.75, 3.05) is 19.6 Å². The molecule has 1 aliphatic rings. The minimum Gasteiger partial charge on any atom is -0.457 e. The molecular weight excluding hydrogens is 442 g/mol. The van der Waals surface area contributed by atoms with Gasteiger partial charge in [0.1, 0.15) is 11.5 Å². The molecule has 0 spiro atoms. The standard InChI is InChI=1S/C9H12O5.C8H17N.C8H12O3/c1-5(2)8(10)12-4-7-6(3)13-9(11)14-7;1-8(2)7-9-5-3-4-6-9;1-5(2)4-7-6(3)10-8(9)11-7/h5H,4H2,1-3H3;8H,3-7H2,1-2H3;5H,4H2,1-3H3. The number of likely N-dealkylation sites (tertiary alicyclic amines) is 1. The Morgan fingerprint density at radius 1 is 0.824 bits per heavy atom. The van der Waals surface area contributed by atoms with Crippen molar-refractivity contribution in [3.8, 4) is 0 Å². The molecule has 0 bridgehead atoms. The van der Waals surface area contributed by atoms with Gasteiger partial charge in [0.15, 0.2) is 18.1 Å². The van der Waals surface area contributed by atoms with Crippen molar-refractivity contribution in [1.82, 2.24) is 4.90 Å². The van der Waals surface area contributed by atoms with Crippen LogP contribution in [0.3, 0.4) is 0 Å². The summed E-state index contributed by atoms with van der Waals surface area (Å²) in [5, 5.41) is 0. The fraction of sp³-hybridized carbons (Fsp3) is 0.720. The van der Waals surface area contributed by atoms with Gasteiger partial charge in [-0.1, -0.05) is 41.5 Å². The molecule has 34 heavy (non-hydrogen) atoms. The molecular formula is C25H41NO8. The quantitative estimate of drug-likeness (QED) is 0.516. The SMILES string of the molecule is CC(C)CN1CCCC1.Cc1oc(=O)oc1CC(C)C.Cc1oc(=O)oc1COC(=O)C(C)C. The van der Waals surface area contributed by atoms with Crippen molar-refractivity contribution < 1.29 is 27.2 Å². The van der Waals surface area contributed by atoms with Gasteiger partial charge < -0.3 is 27.3 Å². The van der Waals surface area contributed by atoms with E-state index in [1.165, 1.54) is 32.5 Å². The monoisotopic (exact) mass is 483 g/mol. The van der Waals surface area contributed by atoms with Gasteiger partial charge in [-0.05, 0) is 51.6 Å². The molecule has 0 unspecified atom stereocenters. The average molecular weight is 484 g/mol. The van der Waals surface area contributed by atoms with E-state index < -0.39 is 11.6 Å². The first kappa shape index (κ1) is 29.5. The maximum atomic E-state index is 11.1. The number of rotatable bonds is 7. The van der Waals surface area contributed by atoms with E-state index in [1.807, 2.05) is 0 Å². The van der Waals surface area contributed by atoms with Crippen LogP contribution in [-0.2, 0) is 22.6 Å². The summed E-state index contributed by atoms with van der Waals surface area (Å²) in [7, 11) is 0. The van der Waals surface area contributed by atoms with Crippen molar-refractivity contribution in [2.45, 2.75) is 81.3 Å². The third-order valence-electron chi connectivity index (χ3n) is 4.90. The summed E-state index contributed by atoms with van der Waals surface area (Å²) in [6.07, 6.45) is 3.61.